The topological polar surface area (TPSA) is 48.9 Å². The van der Waals surface area contributed by atoms with Crippen molar-refractivity contribution in [3.8, 4) is 11.1 Å². The lowest BCUT2D eigenvalue weighted by atomic mass is 9.80. The molecule has 0 saturated heterocycles. The van der Waals surface area contributed by atoms with E-state index >= 15 is 0 Å². The van der Waals surface area contributed by atoms with Crippen molar-refractivity contribution in [2.45, 2.75) is 19.4 Å². The quantitative estimate of drug-likeness (QED) is 0.752. The van der Waals surface area contributed by atoms with Crippen LogP contribution in [0.25, 0.3) is 11.1 Å². The van der Waals surface area contributed by atoms with Crippen molar-refractivity contribution in [2.24, 2.45) is 5.92 Å². The Hall–Kier alpha value is -2.53. The zero-order chi connectivity index (χ0) is 17.3. The predicted octanol–water partition coefficient (Wildman–Crippen LogP) is 4.25. The van der Waals surface area contributed by atoms with Crippen LogP contribution in [0.15, 0.2) is 55.0 Å². The number of halogens is 2. The van der Waals surface area contributed by atoms with Crippen LogP contribution < -0.4 is 0 Å². The van der Waals surface area contributed by atoms with E-state index < -0.39 is 17.2 Å². The highest BCUT2D eigenvalue weighted by Crippen LogP contribution is 2.37. The molecule has 0 radical (unpaired) electrons. The highest BCUT2D eigenvalue weighted by molar-refractivity contribution is 5.65. The first-order chi connectivity index (χ1) is 11.4. The van der Waals surface area contributed by atoms with Crippen LogP contribution in [0.2, 0.25) is 0 Å². The minimum Gasteiger partial charge on any atom is -0.379 e. The summed E-state index contributed by atoms with van der Waals surface area (Å²) in [4.78, 5) is 6.93. The van der Waals surface area contributed by atoms with E-state index in [1.54, 1.807) is 30.5 Å². The number of hydrogen-bond donors (Lipinski definition) is 2. The second-order valence-corrected chi connectivity index (χ2v) is 6.09. The summed E-state index contributed by atoms with van der Waals surface area (Å²) < 4.78 is 27.2. The molecule has 1 aromatic heterocycles. The van der Waals surface area contributed by atoms with Crippen molar-refractivity contribution in [2.75, 3.05) is 0 Å². The number of rotatable bonds is 4. The minimum absolute atomic E-state index is 0.147. The van der Waals surface area contributed by atoms with Gasteiger partial charge < -0.3 is 10.1 Å². The summed E-state index contributed by atoms with van der Waals surface area (Å²) in [5.41, 5.74) is 0.748. The molecule has 0 aliphatic rings. The van der Waals surface area contributed by atoms with Gasteiger partial charge in [0.05, 0.1) is 18.2 Å². The van der Waals surface area contributed by atoms with Gasteiger partial charge in [0, 0.05) is 11.6 Å². The molecule has 0 amide bonds. The molecule has 1 heterocycles. The molecule has 3 rings (SSSR count). The second-order valence-electron chi connectivity index (χ2n) is 6.09. The lowest BCUT2D eigenvalue weighted by Gasteiger charge is -2.32. The van der Waals surface area contributed by atoms with E-state index in [1.807, 2.05) is 13.8 Å². The van der Waals surface area contributed by atoms with Gasteiger partial charge in [0.25, 0.3) is 0 Å². The summed E-state index contributed by atoms with van der Waals surface area (Å²) in [7, 11) is 0. The molecule has 0 aliphatic carbocycles. The Morgan fingerprint density at radius 3 is 2.54 bits per heavy atom. The molecular weight excluding hydrogens is 310 g/mol. The van der Waals surface area contributed by atoms with Gasteiger partial charge in [-0.15, -0.1) is 0 Å². The number of aromatic nitrogens is 2. The Morgan fingerprint density at radius 2 is 1.92 bits per heavy atom. The zero-order valence-electron chi connectivity index (χ0n) is 13.4. The SMILES string of the molecule is CC(C)C(O)(c1cccc(-c2ccc(F)cc2F)c1)c1cnc[nH]1. The Bertz CT molecular complexity index is 846. The van der Waals surface area contributed by atoms with Crippen LogP contribution in [0, 0.1) is 17.6 Å². The fraction of sp³-hybridized carbons (Fsp3) is 0.211. The molecule has 1 unspecified atom stereocenters. The van der Waals surface area contributed by atoms with Crippen LogP contribution in [-0.2, 0) is 5.60 Å². The first-order valence-corrected chi connectivity index (χ1v) is 7.70. The maximum atomic E-state index is 14.1. The molecule has 0 spiro atoms. The Kier molecular flexibility index (Phi) is 4.20. The number of aliphatic hydroxyl groups is 1. The fourth-order valence-electron chi connectivity index (χ4n) is 2.91. The number of imidazole rings is 1. The summed E-state index contributed by atoms with van der Waals surface area (Å²) in [5.74, 6) is -1.41. The number of nitrogens with one attached hydrogen (secondary N) is 1. The van der Waals surface area contributed by atoms with E-state index in [2.05, 4.69) is 9.97 Å². The average Bonchev–Trinajstić information content (AvgIpc) is 3.09. The molecule has 3 nitrogen and oxygen atoms in total. The maximum Gasteiger partial charge on any atom is 0.133 e. The third kappa shape index (κ3) is 2.71. The van der Waals surface area contributed by atoms with Crippen molar-refractivity contribution in [1.82, 2.24) is 9.97 Å². The average molecular weight is 328 g/mol. The van der Waals surface area contributed by atoms with Crippen LogP contribution in [0.5, 0.6) is 0 Å². The van der Waals surface area contributed by atoms with E-state index in [0.717, 1.165) is 6.07 Å². The van der Waals surface area contributed by atoms with Gasteiger partial charge in [-0.1, -0.05) is 32.0 Å². The summed E-state index contributed by atoms with van der Waals surface area (Å²) in [6, 6.07) is 10.4. The second kappa shape index (κ2) is 6.17. The highest BCUT2D eigenvalue weighted by Gasteiger charge is 2.36. The van der Waals surface area contributed by atoms with Gasteiger partial charge in [-0.25, -0.2) is 13.8 Å². The molecule has 0 bridgehead atoms. The van der Waals surface area contributed by atoms with E-state index in [-0.39, 0.29) is 11.5 Å². The number of aromatic amines is 1. The van der Waals surface area contributed by atoms with Crippen LogP contribution in [0.3, 0.4) is 0 Å². The summed E-state index contributed by atoms with van der Waals surface area (Å²) in [6.07, 6.45) is 3.08. The molecule has 2 aromatic carbocycles. The van der Waals surface area contributed by atoms with E-state index in [4.69, 9.17) is 0 Å². The predicted molar refractivity (Wildman–Crippen MR) is 88.2 cm³/mol. The minimum atomic E-state index is -1.29. The zero-order valence-corrected chi connectivity index (χ0v) is 13.4. The number of benzene rings is 2. The Morgan fingerprint density at radius 1 is 1.12 bits per heavy atom. The van der Waals surface area contributed by atoms with Gasteiger partial charge in [-0.3, -0.25) is 0 Å². The molecule has 1 atom stereocenters. The smallest absolute Gasteiger partial charge is 0.133 e. The van der Waals surface area contributed by atoms with Crippen LogP contribution in [0.4, 0.5) is 8.78 Å². The lowest BCUT2D eigenvalue weighted by molar-refractivity contribution is 0.0280. The monoisotopic (exact) mass is 328 g/mol. The molecule has 0 fully saturated rings. The Balaban J connectivity index is 2.13. The van der Waals surface area contributed by atoms with Crippen LogP contribution in [0.1, 0.15) is 25.1 Å². The van der Waals surface area contributed by atoms with Gasteiger partial charge >= 0.3 is 0 Å². The number of hydrogen-bond acceptors (Lipinski definition) is 2. The summed E-state index contributed by atoms with van der Waals surface area (Å²) in [5, 5.41) is 11.3. The lowest BCUT2D eigenvalue weighted by Crippen LogP contribution is -2.33. The van der Waals surface area contributed by atoms with Crippen molar-refractivity contribution >= 4 is 0 Å². The number of nitrogens with zero attached hydrogens (tertiary/aromatic N) is 1. The van der Waals surface area contributed by atoms with E-state index in [9.17, 15) is 13.9 Å². The van der Waals surface area contributed by atoms with Gasteiger partial charge in [-0.2, -0.15) is 0 Å². The van der Waals surface area contributed by atoms with Gasteiger partial charge in [-0.05, 0) is 35.2 Å². The molecule has 5 heteroatoms. The third-order valence-electron chi connectivity index (χ3n) is 4.29. The van der Waals surface area contributed by atoms with Crippen molar-refractivity contribution in [3.05, 3.63) is 77.9 Å². The fourth-order valence-corrected chi connectivity index (χ4v) is 2.91. The molecule has 124 valence electrons. The molecule has 2 N–H and O–H groups in total. The molecule has 0 aliphatic heterocycles. The Labute approximate surface area is 139 Å². The van der Waals surface area contributed by atoms with Crippen LogP contribution >= 0.6 is 0 Å². The van der Waals surface area contributed by atoms with Gasteiger partial charge in [0.15, 0.2) is 0 Å². The van der Waals surface area contributed by atoms with E-state index in [1.165, 1.54) is 18.5 Å². The summed E-state index contributed by atoms with van der Waals surface area (Å²) in [6.45, 7) is 3.79. The van der Waals surface area contributed by atoms with Crippen molar-refractivity contribution in [1.29, 1.82) is 0 Å². The first kappa shape index (κ1) is 16.3. The molecular formula is C19H18F2N2O. The highest BCUT2D eigenvalue weighted by atomic mass is 19.1. The molecule has 24 heavy (non-hydrogen) atoms. The van der Waals surface area contributed by atoms with Crippen molar-refractivity contribution < 1.29 is 13.9 Å². The van der Waals surface area contributed by atoms with Gasteiger partial charge in [0.1, 0.15) is 17.2 Å². The van der Waals surface area contributed by atoms with Crippen LogP contribution in [-0.4, -0.2) is 15.1 Å². The maximum absolute atomic E-state index is 14.1. The molecule has 3 aromatic rings. The summed E-state index contributed by atoms with van der Waals surface area (Å²) >= 11 is 0. The normalized spacial score (nSPS) is 13.9. The largest absolute Gasteiger partial charge is 0.379 e. The van der Waals surface area contributed by atoms with Crippen molar-refractivity contribution in [3.63, 3.8) is 0 Å². The first-order valence-electron chi connectivity index (χ1n) is 7.70. The van der Waals surface area contributed by atoms with E-state index in [0.29, 0.717) is 16.8 Å². The molecule has 0 saturated carbocycles. The third-order valence-corrected chi connectivity index (χ3v) is 4.29. The number of H-pyrrole nitrogens is 1. The van der Waals surface area contributed by atoms with Gasteiger partial charge in [0.2, 0.25) is 0 Å². The standard InChI is InChI=1S/C19H18F2N2O/c1-12(2)19(24,18-10-22-11-23-18)14-5-3-4-13(8-14)16-7-6-15(20)9-17(16)21/h3-12,24H,1-2H3,(H,22,23).